The molecule has 0 saturated carbocycles. The zero-order valence-electron chi connectivity index (χ0n) is 16.0. The van der Waals surface area contributed by atoms with E-state index in [0.717, 1.165) is 39.0 Å². The number of para-hydroxylation sites is 1. The summed E-state index contributed by atoms with van der Waals surface area (Å²) in [7, 11) is 0. The number of H-pyrrole nitrogens is 2. The largest absolute Gasteiger partial charge is 0.362 e. The second-order valence-corrected chi connectivity index (χ2v) is 6.83. The molecule has 28 heavy (non-hydrogen) atoms. The number of aryl methyl sites for hydroxylation is 2. The van der Waals surface area contributed by atoms with Gasteiger partial charge in [0, 0.05) is 45.2 Å². The van der Waals surface area contributed by atoms with Crippen LogP contribution in [0.2, 0.25) is 0 Å². The minimum atomic E-state index is -0.369. The van der Waals surface area contributed by atoms with Gasteiger partial charge in [0.25, 0.3) is 11.8 Å². The zero-order valence-corrected chi connectivity index (χ0v) is 16.0. The third kappa shape index (κ3) is 2.72. The van der Waals surface area contributed by atoms with Crippen LogP contribution in [-0.2, 0) is 9.59 Å². The van der Waals surface area contributed by atoms with Gasteiger partial charge in [-0.1, -0.05) is 42.5 Å². The van der Waals surface area contributed by atoms with Crippen LogP contribution in [0.15, 0.2) is 48.7 Å². The molecule has 1 aliphatic rings. The smallest absolute Gasteiger partial charge is 0.259 e. The predicted molar refractivity (Wildman–Crippen MR) is 112 cm³/mol. The van der Waals surface area contributed by atoms with Gasteiger partial charge in [-0.2, -0.15) is 0 Å². The van der Waals surface area contributed by atoms with Gasteiger partial charge in [0.1, 0.15) is 0 Å². The van der Waals surface area contributed by atoms with Crippen molar-refractivity contribution in [2.24, 2.45) is 0 Å². The number of carbonyl (C=O) groups excluding carboxylic acids is 2. The molecule has 2 amide bonds. The standard InChI is InChI=1S/C23H21N3O2/c1-4-5-6-9-15-13(2)25-14(3)19(15)21-20(22(27)26-23(21)28)17-12-24-18-11-8-7-10-16(17)18/h4-12,24-25H,1-3H3,(H,26,27,28)/b5-4-,9-6-. The van der Waals surface area contributed by atoms with Crippen molar-refractivity contribution in [1.82, 2.24) is 15.3 Å². The van der Waals surface area contributed by atoms with Gasteiger partial charge in [-0.15, -0.1) is 0 Å². The normalized spacial score (nSPS) is 15.0. The van der Waals surface area contributed by atoms with E-state index in [1.54, 1.807) is 6.20 Å². The highest BCUT2D eigenvalue weighted by Crippen LogP contribution is 2.38. The number of nitrogens with one attached hydrogen (secondary N) is 3. The lowest BCUT2D eigenvalue weighted by atomic mass is 9.93. The fourth-order valence-electron chi connectivity index (χ4n) is 3.82. The van der Waals surface area contributed by atoms with E-state index in [0.29, 0.717) is 11.1 Å². The van der Waals surface area contributed by atoms with Gasteiger partial charge in [0.2, 0.25) is 0 Å². The zero-order chi connectivity index (χ0) is 19.8. The summed E-state index contributed by atoms with van der Waals surface area (Å²) in [5.41, 5.74) is 5.96. The minimum Gasteiger partial charge on any atom is -0.362 e. The maximum absolute atomic E-state index is 12.8. The van der Waals surface area contributed by atoms with Crippen LogP contribution in [0.3, 0.4) is 0 Å². The molecule has 0 aliphatic carbocycles. The Morgan fingerprint density at radius 1 is 0.929 bits per heavy atom. The second-order valence-electron chi connectivity index (χ2n) is 6.83. The lowest BCUT2D eigenvalue weighted by Gasteiger charge is -2.06. The van der Waals surface area contributed by atoms with Crippen molar-refractivity contribution in [3.05, 3.63) is 76.8 Å². The van der Waals surface area contributed by atoms with Crippen molar-refractivity contribution < 1.29 is 9.59 Å². The van der Waals surface area contributed by atoms with Gasteiger partial charge in [-0.25, -0.2) is 0 Å². The number of fused-ring (bicyclic) bond motifs is 1. The Morgan fingerprint density at radius 2 is 1.68 bits per heavy atom. The molecular weight excluding hydrogens is 350 g/mol. The molecule has 0 fully saturated rings. The van der Waals surface area contributed by atoms with Crippen LogP contribution in [-0.4, -0.2) is 21.8 Å². The number of rotatable bonds is 4. The van der Waals surface area contributed by atoms with E-state index in [-0.39, 0.29) is 11.8 Å². The Hall–Kier alpha value is -3.60. The number of amides is 2. The summed E-state index contributed by atoms with van der Waals surface area (Å²) >= 11 is 0. The van der Waals surface area contributed by atoms with Crippen LogP contribution in [0, 0.1) is 13.8 Å². The van der Waals surface area contributed by atoms with Crippen molar-refractivity contribution in [2.75, 3.05) is 0 Å². The Bertz CT molecular complexity index is 1200. The van der Waals surface area contributed by atoms with Crippen molar-refractivity contribution >= 4 is 39.9 Å². The highest BCUT2D eigenvalue weighted by molar-refractivity contribution is 6.50. The van der Waals surface area contributed by atoms with Crippen molar-refractivity contribution in [1.29, 1.82) is 0 Å². The average molecular weight is 371 g/mol. The van der Waals surface area contributed by atoms with E-state index in [9.17, 15) is 9.59 Å². The molecule has 2 aromatic heterocycles. The maximum Gasteiger partial charge on any atom is 0.259 e. The molecule has 140 valence electrons. The summed E-state index contributed by atoms with van der Waals surface area (Å²) in [6.07, 6.45) is 9.56. The predicted octanol–water partition coefficient (Wildman–Crippen LogP) is 4.27. The molecule has 3 N–H and O–H groups in total. The Labute approximate surface area is 162 Å². The maximum atomic E-state index is 12.8. The Morgan fingerprint density at radius 3 is 2.46 bits per heavy atom. The molecule has 4 rings (SSSR count). The summed E-state index contributed by atoms with van der Waals surface area (Å²) < 4.78 is 0. The SMILES string of the molecule is C/C=C\C=C/c1c(C)[nH]c(C)c1C1=C(c2c[nH]c3ccccc23)C(=O)NC1=O. The summed E-state index contributed by atoms with van der Waals surface area (Å²) in [5.74, 6) is -0.737. The number of aromatic amines is 2. The van der Waals surface area contributed by atoms with E-state index >= 15 is 0 Å². The first-order chi connectivity index (χ1) is 13.5. The summed E-state index contributed by atoms with van der Waals surface area (Å²) in [4.78, 5) is 32.1. The first-order valence-electron chi connectivity index (χ1n) is 9.18. The molecule has 0 radical (unpaired) electrons. The van der Waals surface area contributed by atoms with Gasteiger partial charge in [-0.3, -0.25) is 14.9 Å². The lowest BCUT2D eigenvalue weighted by Crippen LogP contribution is -2.22. The fourth-order valence-corrected chi connectivity index (χ4v) is 3.82. The van der Waals surface area contributed by atoms with E-state index in [1.165, 1.54) is 0 Å². The molecule has 0 spiro atoms. The van der Waals surface area contributed by atoms with Crippen molar-refractivity contribution in [2.45, 2.75) is 20.8 Å². The highest BCUT2D eigenvalue weighted by atomic mass is 16.2. The van der Waals surface area contributed by atoms with E-state index in [2.05, 4.69) is 15.3 Å². The van der Waals surface area contributed by atoms with E-state index in [4.69, 9.17) is 0 Å². The van der Waals surface area contributed by atoms with Crippen LogP contribution < -0.4 is 5.32 Å². The number of benzene rings is 1. The average Bonchev–Trinajstić information content (AvgIpc) is 3.29. The first-order valence-corrected chi connectivity index (χ1v) is 9.18. The molecular formula is C23H21N3O2. The third-order valence-corrected chi connectivity index (χ3v) is 5.03. The Kier molecular flexibility index (Phi) is 4.35. The number of allylic oxidation sites excluding steroid dienone is 3. The molecule has 0 unspecified atom stereocenters. The van der Waals surface area contributed by atoms with Crippen LogP contribution in [0.1, 0.15) is 35.0 Å². The molecule has 0 saturated heterocycles. The third-order valence-electron chi connectivity index (χ3n) is 5.03. The summed E-state index contributed by atoms with van der Waals surface area (Å²) in [5, 5.41) is 3.39. The first kappa shape index (κ1) is 17.8. The topological polar surface area (TPSA) is 77.8 Å². The summed E-state index contributed by atoms with van der Waals surface area (Å²) in [6.45, 7) is 5.83. The molecule has 0 atom stereocenters. The van der Waals surface area contributed by atoms with Gasteiger partial charge in [0.05, 0.1) is 11.1 Å². The van der Waals surface area contributed by atoms with Crippen LogP contribution in [0.25, 0.3) is 28.1 Å². The van der Waals surface area contributed by atoms with E-state index in [1.807, 2.05) is 69.3 Å². The molecule has 1 aliphatic heterocycles. The quantitative estimate of drug-likeness (QED) is 0.473. The minimum absolute atomic E-state index is 0.368. The van der Waals surface area contributed by atoms with Crippen molar-refractivity contribution in [3.8, 4) is 0 Å². The molecule has 1 aromatic carbocycles. The second kappa shape index (κ2) is 6.85. The molecule has 5 nitrogen and oxygen atoms in total. The highest BCUT2D eigenvalue weighted by Gasteiger charge is 2.35. The van der Waals surface area contributed by atoms with Gasteiger partial charge in [0.15, 0.2) is 0 Å². The number of imide groups is 1. The molecule has 5 heteroatoms. The monoisotopic (exact) mass is 371 g/mol. The molecule has 3 heterocycles. The fraction of sp³-hybridized carbons (Fsp3) is 0.130. The number of carbonyl (C=O) groups is 2. The number of hydrogen-bond donors (Lipinski definition) is 3. The van der Waals surface area contributed by atoms with Crippen LogP contribution >= 0.6 is 0 Å². The van der Waals surface area contributed by atoms with Gasteiger partial charge in [-0.05, 0) is 26.8 Å². The number of hydrogen-bond acceptors (Lipinski definition) is 2. The van der Waals surface area contributed by atoms with Gasteiger partial charge < -0.3 is 9.97 Å². The molecule has 0 bridgehead atoms. The van der Waals surface area contributed by atoms with Crippen LogP contribution in [0.4, 0.5) is 0 Å². The van der Waals surface area contributed by atoms with Gasteiger partial charge >= 0.3 is 0 Å². The molecule has 3 aromatic rings. The number of aromatic nitrogens is 2. The van der Waals surface area contributed by atoms with E-state index < -0.39 is 0 Å². The Balaban J connectivity index is 2.02. The van der Waals surface area contributed by atoms with Crippen LogP contribution in [0.5, 0.6) is 0 Å². The van der Waals surface area contributed by atoms with Crippen molar-refractivity contribution in [3.63, 3.8) is 0 Å². The lowest BCUT2D eigenvalue weighted by molar-refractivity contribution is -0.122. The summed E-state index contributed by atoms with van der Waals surface area (Å²) in [6, 6.07) is 7.75.